The highest BCUT2D eigenvalue weighted by Gasteiger charge is 2.38. The van der Waals surface area contributed by atoms with Crippen LogP contribution in [0.4, 0.5) is 5.69 Å². The molecule has 2 aliphatic heterocycles. The lowest BCUT2D eigenvalue weighted by Crippen LogP contribution is -2.52. The first-order valence-corrected chi connectivity index (χ1v) is 9.47. The quantitative estimate of drug-likeness (QED) is 0.810. The van der Waals surface area contributed by atoms with E-state index in [4.69, 9.17) is 0 Å². The Morgan fingerprint density at radius 2 is 1.64 bits per heavy atom. The van der Waals surface area contributed by atoms with Crippen molar-refractivity contribution in [3.05, 3.63) is 60.4 Å². The van der Waals surface area contributed by atoms with Crippen molar-refractivity contribution in [2.75, 3.05) is 37.6 Å². The molecule has 1 aromatic carbocycles. The Morgan fingerprint density at radius 3 is 2.32 bits per heavy atom. The van der Waals surface area contributed by atoms with Crippen LogP contribution in [0.1, 0.15) is 16.8 Å². The minimum absolute atomic E-state index is 0.000239. The van der Waals surface area contributed by atoms with Crippen LogP contribution in [0.2, 0.25) is 0 Å². The second kappa shape index (κ2) is 7.80. The SMILES string of the molecule is O=C(c1cccnc1)N1CCN(C(=O)[C@@H]2CC(=O)N(c3ccccc3)C2)CC1. The molecule has 1 aromatic heterocycles. The molecule has 0 N–H and O–H groups in total. The predicted octanol–water partition coefficient (Wildman–Crippen LogP) is 1.42. The van der Waals surface area contributed by atoms with Gasteiger partial charge in [-0.25, -0.2) is 0 Å². The molecule has 7 nitrogen and oxygen atoms in total. The largest absolute Gasteiger partial charge is 0.339 e. The average Bonchev–Trinajstić information content (AvgIpc) is 3.15. The maximum Gasteiger partial charge on any atom is 0.255 e. The number of aromatic nitrogens is 1. The summed E-state index contributed by atoms with van der Waals surface area (Å²) in [5, 5.41) is 0. The highest BCUT2D eigenvalue weighted by molar-refractivity contribution is 6.00. The van der Waals surface area contributed by atoms with Gasteiger partial charge in [0.05, 0.1) is 11.5 Å². The van der Waals surface area contributed by atoms with Crippen molar-refractivity contribution < 1.29 is 14.4 Å². The van der Waals surface area contributed by atoms with E-state index in [0.717, 1.165) is 5.69 Å². The van der Waals surface area contributed by atoms with E-state index in [1.54, 1.807) is 39.2 Å². The average molecular weight is 378 g/mol. The first kappa shape index (κ1) is 18.2. The number of pyridine rings is 1. The number of anilines is 1. The molecule has 3 amide bonds. The molecule has 3 heterocycles. The molecule has 2 aromatic rings. The zero-order chi connectivity index (χ0) is 19.5. The summed E-state index contributed by atoms with van der Waals surface area (Å²) in [6.07, 6.45) is 3.43. The molecule has 144 valence electrons. The number of piperazine rings is 1. The molecule has 28 heavy (non-hydrogen) atoms. The van der Waals surface area contributed by atoms with Crippen LogP contribution in [0.5, 0.6) is 0 Å². The van der Waals surface area contributed by atoms with Gasteiger partial charge in [0.15, 0.2) is 0 Å². The van der Waals surface area contributed by atoms with Gasteiger partial charge in [0.1, 0.15) is 0 Å². The molecule has 0 unspecified atom stereocenters. The van der Waals surface area contributed by atoms with Crippen molar-refractivity contribution in [1.29, 1.82) is 0 Å². The van der Waals surface area contributed by atoms with E-state index in [-0.39, 0.29) is 30.1 Å². The number of hydrogen-bond donors (Lipinski definition) is 0. The number of carbonyl (C=O) groups excluding carboxylic acids is 3. The summed E-state index contributed by atoms with van der Waals surface area (Å²) in [7, 11) is 0. The number of rotatable bonds is 3. The molecule has 0 bridgehead atoms. The Kier molecular flexibility index (Phi) is 5.06. The van der Waals surface area contributed by atoms with Gasteiger partial charge in [-0.1, -0.05) is 18.2 Å². The Morgan fingerprint density at radius 1 is 0.929 bits per heavy atom. The maximum absolute atomic E-state index is 12.9. The van der Waals surface area contributed by atoms with Gasteiger partial charge >= 0.3 is 0 Å². The minimum atomic E-state index is -0.326. The summed E-state index contributed by atoms with van der Waals surface area (Å²) >= 11 is 0. The highest BCUT2D eigenvalue weighted by atomic mass is 16.2. The molecular formula is C21H22N4O3. The van der Waals surface area contributed by atoms with Gasteiger partial charge < -0.3 is 14.7 Å². The number of para-hydroxylation sites is 1. The summed E-state index contributed by atoms with van der Waals surface area (Å²) in [5.41, 5.74) is 1.39. The molecule has 0 saturated carbocycles. The summed E-state index contributed by atoms with van der Waals surface area (Å²) in [6, 6.07) is 12.9. The third-order valence-corrected chi connectivity index (χ3v) is 5.33. The van der Waals surface area contributed by atoms with Crippen LogP contribution in [0.3, 0.4) is 0 Å². The van der Waals surface area contributed by atoms with E-state index >= 15 is 0 Å². The summed E-state index contributed by atoms with van der Waals surface area (Å²) in [5.74, 6) is -0.407. The number of carbonyl (C=O) groups is 3. The third kappa shape index (κ3) is 3.60. The number of amides is 3. The number of hydrogen-bond acceptors (Lipinski definition) is 4. The first-order valence-electron chi connectivity index (χ1n) is 9.47. The minimum Gasteiger partial charge on any atom is -0.339 e. The fourth-order valence-corrected chi connectivity index (χ4v) is 3.79. The zero-order valence-electron chi connectivity index (χ0n) is 15.5. The second-order valence-electron chi connectivity index (χ2n) is 7.10. The fraction of sp³-hybridized carbons (Fsp3) is 0.333. The predicted molar refractivity (Wildman–Crippen MR) is 104 cm³/mol. The van der Waals surface area contributed by atoms with Crippen LogP contribution in [0.25, 0.3) is 0 Å². The van der Waals surface area contributed by atoms with Crippen molar-refractivity contribution in [3.63, 3.8) is 0 Å². The number of nitrogens with zero attached hydrogens (tertiary/aromatic N) is 4. The van der Waals surface area contributed by atoms with Crippen LogP contribution >= 0.6 is 0 Å². The molecular weight excluding hydrogens is 356 g/mol. The molecule has 2 saturated heterocycles. The van der Waals surface area contributed by atoms with Crippen LogP contribution in [0, 0.1) is 5.92 Å². The molecule has 2 aliphatic rings. The van der Waals surface area contributed by atoms with Crippen molar-refractivity contribution in [1.82, 2.24) is 14.8 Å². The van der Waals surface area contributed by atoms with Crippen LogP contribution in [0.15, 0.2) is 54.9 Å². The Hall–Kier alpha value is -3.22. The molecule has 2 fully saturated rings. The Balaban J connectivity index is 1.34. The Bertz CT molecular complexity index is 864. The number of benzene rings is 1. The lowest BCUT2D eigenvalue weighted by Gasteiger charge is -2.35. The topological polar surface area (TPSA) is 73.8 Å². The van der Waals surface area contributed by atoms with E-state index in [1.807, 2.05) is 30.3 Å². The summed E-state index contributed by atoms with van der Waals surface area (Å²) in [6.45, 7) is 2.36. The van der Waals surface area contributed by atoms with E-state index in [9.17, 15) is 14.4 Å². The van der Waals surface area contributed by atoms with Gasteiger partial charge in [0.2, 0.25) is 11.8 Å². The van der Waals surface area contributed by atoms with Gasteiger partial charge in [0, 0.05) is 57.2 Å². The van der Waals surface area contributed by atoms with Crippen LogP contribution in [-0.4, -0.2) is 65.2 Å². The molecule has 1 atom stereocenters. The standard InChI is InChI=1S/C21H22N4O3/c26-19-13-17(15-25(19)18-6-2-1-3-7-18)21(28)24-11-9-23(10-12-24)20(27)16-5-4-8-22-14-16/h1-8,14,17H,9-13,15H2/t17-/m1/s1. The van der Waals surface area contributed by atoms with Gasteiger partial charge in [-0.05, 0) is 24.3 Å². The van der Waals surface area contributed by atoms with Gasteiger partial charge in [-0.3, -0.25) is 19.4 Å². The van der Waals surface area contributed by atoms with Crippen molar-refractivity contribution in [2.45, 2.75) is 6.42 Å². The lowest BCUT2D eigenvalue weighted by atomic mass is 10.1. The fourth-order valence-electron chi connectivity index (χ4n) is 3.79. The van der Waals surface area contributed by atoms with E-state index in [1.165, 1.54) is 0 Å². The normalized spacial score (nSPS) is 19.8. The van der Waals surface area contributed by atoms with Crippen molar-refractivity contribution in [2.24, 2.45) is 5.92 Å². The highest BCUT2D eigenvalue weighted by Crippen LogP contribution is 2.26. The monoisotopic (exact) mass is 378 g/mol. The van der Waals surface area contributed by atoms with Gasteiger partial charge in [-0.2, -0.15) is 0 Å². The van der Waals surface area contributed by atoms with Crippen molar-refractivity contribution >= 4 is 23.4 Å². The van der Waals surface area contributed by atoms with Gasteiger partial charge in [0.25, 0.3) is 5.91 Å². The maximum atomic E-state index is 12.9. The van der Waals surface area contributed by atoms with Crippen molar-refractivity contribution in [3.8, 4) is 0 Å². The van der Waals surface area contributed by atoms with Crippen LogP contribution in [-0.2, 0) is 9.59 Å². The van der Waals surface area contributed by atoms with Crippen LogP contribution < -0.4 is 4.90 Å². The zero-order valence-corrected chi connectivity index (χ0v) is 15.5. The summed E-state index contributed by atoms with van der Waals surface area (Å²) < 4.78 is 0. The van der Waals surface area contributed by atoms with E-state index < -0.39 is 0 Å². The Labute approximate surface area is 163 Å². The molecule has 0 spiro atoms. The first-order chi connectivity index (χ1) is 13.6. The molecule has 0 radical (unpaired) electrons. The molecule has 7 heteroatoms. The van der Waals surface area contributed by atoms with E-state index in [0.29, 0.717) is 38.3 Å². The molecule has 4 rings (SSSR count). The third-order valence-electron chi connectivity index (χ3n) is 5.33. The summed E-state index contributed by atoms with van der Waals surface area (Å²) in [4.78, 5) is 47.0. The second-order valence-corrected chi connectivity index (χ2v) is 7.10. The lowest BCUT2D eigenvalue weighted by molar-refractivity contribution is -0.137. The molecule has 0 aliphatic carbocycles. The van der Waals surface area contributed by atoms with E-state index in [2.05, 4.69) is 4.98 Å². The van der Waals surface area contributed by atoms with Gasteiger partial charge in [-0.15, -0.1) is 0 Å². The smallest absolute Gasteiger partial charge is 0.255 e.